The van der Waals surface area contributed by atoms with Crippen molar-refractivity contribution in [2.75, 3.05) is 6.61 Å². The number of hydrogen-bond acceptors (Lipinski definition) is 9. The molecule has 1 amide bonds. The molecule has 42 heavy (non-hydrogen) atoms. The molecule has 0 spiro atoms. The number of nitrogens with zero attached hydrogens (tertiary/aromatic N) is 1. The average Bonchev–Trinajstić information content (AvgIpc) is 3.17. The number of hydrogen-bond donors (Lipinski definition) is 2. The zero-order valence-corrected chi connectivity index (χ0v) is 24.5. The molecular weight excluding hydrogens is 600 g/mol. The number of esters is 1. The molecule has 2 aliphatic rings. The van der Waals surface area contributed by atoms with E-state index in [1.165, 1.54) is 6.92 Å². The van der Waals surface area contributed by atoms with Gasteiger partial charge in [-0.1, -0.05) is 30.3 Å². The lowest BCUT2D eigenvalue weighted by atomic mass is 9.98. The van der Waals surface area contributed by atoms with Crippen LogP contribution in [0.15, 0.2) is 54.7 Å². The number of aliphatic hydroxyl groups is 1. The molecule has 1 unspecified atom stereocenters. The third-order valence-corrected chi connectivity index (χ3v) is 9.02. The Bertz CT molecular complexity index is 1430. The van der Waals surface area contributed by atoms with E-state index in [4.69, 9.17) is 30.3 Å². The Morgan fingerprint density at radius 3 is 2.55 bits per heavy atom. The van der Waals surface area contributed by atoms with Crippen LogP contribution < -0.4 is 9.61 Å². The highest BCUT2D eigenvalue weighted by atomic mass is 32.5. The van der Waals surface area contributed by atoms with E-state index in [0.29, 0.717) is 4.90 Å². The highest BCUT2D eigenvalue weighted by Crippen LogP contribution is 2.49. The summed E-state index contributed by atoms with van der Waals surface area (Å²) in [4.78, 5) is 37.1. The zero-order valence-electron chi connectivity index (χ0n) is 22.8. The lowest BCUT2D eigenvalue weighted by molar-refractivity contribution is -0.192. The molecule has 0 radical (unpaired) electrons. The summed E-state index contributed by atoms with van der Waals surface area (Å²) in [5.41, 5.74) is -3.08. The van der Waals surface area contributed by atoms with Crippen molar-refractivity contribution < 1.29 is 51.2 Å². The fourth-order valence-electron chi connectivity index (χ4n) is 4.40. The highest BCUT2D eigenvalue weighted by molar-refractivity contribution is 8.09. The maximum atomic E-state index is 15.5. The summed E-state index contributed by atoms with van der Waals surface area (Å²) in [6, 6.07) is 11.1. The van der Waals surface area contributed by atoms with Crippen molar-refractivity contribution in [3.8, 4) is 5.75 Å². The molecule has 15 heteroatoms. The first-order valence-electron chi connectivity index (χ1n) is 13.0. The number of benzene rings is 2. The van der Waals surface area contributed by atoms with Crippen LogP contribution in [0.4, 0.5) is 13.2 Å². The minimum Gasteiger partial charge on any atom is -0.462 e. The van der Waals surface area contributed by atoms with Gasteiger partial charge in [-0.3, -0.25) is 19.3 Å². The van der Waals surface area contributed by atoms with Gasteiger partial charge in [-0.2, -0.15) is 0 Å². The lowest BCUT2D eigenvalue weighted by Gasteiger charge is -2.34. The lowest BCUT2D eigenvalue weighted by Crippen LogP contribution is -2.51. The smallest absolute Gasteiger partial charge is 0.323 e. The molecule has 6 atom stereocenters. The van der Waals surface area contributed by atoms with E-state index >= 15 is 4.39 Å². The number of ketones is 1. The summed E-state index contributed by atoms with van der Waals surface area (Å²) in [6.07, 6.45) is -9.54. The first-order valence-corrected chi connectivity index (χ1v) is 15.6. The first kappa shape index (κ1) is 32.1. The van der Waals surface area contributed by atoms with Crippen LogP contribution in [-0.2, 0) is 40.2 Å². The van der Waals surface area contributed by atoms with E-state index < -0.39 is 80.0 Å². The average molecular weight is 631 g/mol. The summed E-state index contributed by atoms with van der Waals surface area (Å²) >= 11 is 5.59. The molecule has 228 valence electrons. The minimum atomic E-state index is -3.94. The van der Waals surface area contributed by atoms with Gasteiger partial charge in [-0.05, 0) is 61.6 Å². The Morgan fingerprint density at radius 2 is 1.90 bits per heavy atom. The van der Waals surface area contributed by atoms with Crippen LogP contribution in [0, 0.1) is 0 Å². The number of carbonyl (C=O) groups is 3. The number of rotatable bonds is 11. The number of nitrogens with one attached hydrogen (secondary N) is 1. The van der Waals surface area contributed by atoms with E-state index in [-0.39, 0.29) is 5.75 Å². The van der Waals surface area contributed by atoms with Gasteiger partial charge in [0.15, 0.2) is 23.8 Å². The molecule has 0 aliphatic carbocycles. The van der Waals surface area contributed by atoms with Gasteiger partial charge in [0.05, 0.1) is 19.1 Å². The second-order valence-electron chi connectivity index (χ2n) is 10.1. The summed E-state index contributed by atoms with van der Waals surface area (Å²) in [7, 11) is 0. The predicted octanol–water partition coefficient (Wildman–Crippen LogP) is 3.76. The third kappa shape index (κ3) is 6.85. The number of aliphatic hydroxyl groups excluding tert-OH is 1. The van der Waals surface area contributed by atoms with Gasteiger partial charge < -0.3 is 23.6 Å². The predicted molar refractivity (Wildman–Crippen MR) is 149 cm³/mol. The Hall–Kier alpha value is -2.87. The van der Waals surface area contributed by atoms with Crippen molar-refractivity contribution >= 4 is 46.9 Å². The molecule has 0 saturated carbocycles. The van der Waals surface area contributed by atoms with Gasteiger partial charge >= 0.3 is 12.6 Å². The maximum Gasteiger partial charge on any atom is 0.323 e. The molecule has 10 nitrogen and oxygen atoms in total. The second-order valence-corrected chi connectivity index (χ2v) is 13.3. The monoisotopic (exact) mass is 630 g/mol. The normalized spacial score (nSPS) is 26.6. The van der Waals surface area contributed by atoms with Crippen molar-refractivity contribution in [2.45, 2.75) is 69.9 Å². The number of amides is 1. The number of ether oxygens (including phenoxy) is 2. The number of halogens is 3. The fourth-order valence-corrected chi connectivity index (χ4v) is 6.81. The van der Waals surface area contributed by atoms with Crippen LogP contribution in [0.1, 0.15) is 27.2 Å². The van der Waals surface area contributed by atoms with Gasteiger partial charge in [-0.25, -0.2) is 18.3 Å². The number of alkyl halides is 3. The number of allylic oxidation sites excluding steroid dienone is 1. The molecule has 0 aromatic heterocycles. The maximum absolute atomic E-state index is 15.5. The van der Waals surface area contributed by atoms with E-state index in [1.807, 2.05) is 12.1 Å². The summed E-state index contributed by atoms with van der Waals surface area (Å²) in [5.74, 6) is -1.97. The Morgan fingerprint density at radius 1 is 1.21 bits per heavy atom. The highest BCUT2D eigenvalue weighted by Gasteiger charge is 2.63. The Labute approximate surface area is 245 Å². The van der Waals surface area contributed by atoms with Gasteiger partial charge in [0, 0.05) is 6.20 Å². The Kier molecular flexibility index (Phi) is 9.75. The number of carbonyl (C=O) groups excluding carboxylic acids is 3. The first-order chi connectivity index (χ1) is 19.7. The van der Waals surface area contributed by atoms with Crippen molar-refractivity contribution in [2.24, 2.45) is 0 Å². The van der Waals surface area contributed by atoms with Crippen molar-refractivity contribution in [1.82, 2.24) is 9.99 Å². The summed E-state index contributed by atoms with van der Waals surface area (Å²) in [6.45, 7) is -0.503. The number of fused-ring (bicyclic) bond motifs is 1. The van der Waals surface area contributed by atoms with Gasteiger partial charge in [0.25, 0.3) is 6.43 Å². The van der Waals surface area contributed by atoms with E-state index in [1.54, 1.807) is 44.2 Å². The van der Waals surface area contributed by atoms with Crippen LogP contribution in [0.3, 0.4) is 0 Å². The molecule has 2 N–H and O–H groups in total. The van der Waals surface area contributed by atoms with Crippen molar-refractivity contribution in [3.05, 3.63) is 54.7 Å². The van der Waals surface area contributed by atoms with E-state index in [2.05, 4.69) is 5.09 Å². The largest absolute Gasteiger partial charge is 0.462 e. The molecule has 2 aromatic rings. The summed E-state index contributed by atoms with van der Waals surface area (Å²) in [5, 5.41) is 14.9. The zero-order chi connectivity index (χ0) is 30.8. The molecule has 2 aromatic carbocycles. The molecule has 4 rings (SSSR count). The standard InChI is InChI=1S/C27H30F3N2O8PS/c1-15(2)38-25(36)16(3)31-41(42,40-20-9-8-17-6-4-5-7-18(17)12-20)37-14-27(26(29)30)23(28)22(35)24(39-27)32-11-10-19(33)13-21(32)34/h4-12,15-16,22-24,26,35H,13-14H2,1-3H3,(H,31,42)/t16-,22+,23+,24+,27+,41?/m0/s1. The van der Waals surface area contributed by atoms with E-state index in [9.17, 15) is 28.3 Å². The van der Waals surface area contributed by atoms with Crippen LogP contribution in [0.5, 0.6) is 5.75 Å². The molecule has 0 bridgehead atoms. The molecule has 2 aliphatic heterocycles. The Balaban J connectivity index is 1.62. The van der Waals surface area contributed by atoms with Crippen LogP contribution in [0.25, 0.3) is 10.8 Å². The van der Waals surface area contributed by atoms with Crippen LogP contribution in [-0.4, -0.2) is 76.9 Å². The van der Waals surface area contributed by atoms with Crippen molar-refractivity contribution in [1.29, 1.82) is 0 Å². The summed E-state index contributed by atoms with van der Waals surface area (Å²) < 4.78 is 66.7. The molecule has 1 saturated heterocycles. The van der Waals surface area contributed by atoms with Crippen LogP contribution in [0.2, 0.25) is 0 Å². The third-order valence-electron chi connectivity index (χ3n) is 6.54. The molecular formula is C27H30F3N2O8PS. The quantitative estimate of drug-likeness (QED) is 0.216. The van der Waals surface area contributed by atoms with Gasteiger partial charge in [-0.15, -0.1) is 0 Å². The van der Waals surface area contributed by atoms with E-state index in [0.717, 1.165) is 23.0 Å². The SMILES string of the molecule is CC(C)OC(=O)[C@H](C)NP(=S)(OC[C@@]1(C(F)F)O[C@@H](N2C=CC(=O)CC2=O)[C@H](O)[C@H]1F)Oc1ccc2ccccc2c1. The molecule has 1 fully saturated rings. The fraction of sp³-hybridized carbons (Fsp3) is 0.444. The van der Waals surface area contributed by atoms with Crippen LogP contribution >= 0.6 is 6.64 Å². The van der Waals surface area contributed by atoms with Gasteiger partial charge in [0.1, 0.15) is 17.9 Å². The minimum absolute atomic E-state index is 0.177. The second kappa shape index (κ2) is 12.8. The van der Waals surface area contributed by atoms with Crippen molar-refractivity contribution in [3.63, 3.8) is 0 Å². The molecule has 2 heterocycles. The topological polar surface area (TPSA) is 124 Å². The van der Waals surface area contributed by atoms with Gasteiger partial charge in [0.2, 0.25) is 5.91 Å².